The maximum atomic E-state index is 13.2. The van der Waals surface area contributed by atoms with Gasteiger partial charge in [0.15, 0.2) is 0 Å². The lowest BCUT2D eigenvalue weighted by Gasteiger charge is -2.27. The molecule has 0 saturated carbocycles. The SMILES string of the molecule is CCOC(C(C)C)C(N)Cc1cc(F)ccc1Cl. The number of halogens is 2. The van der Waals surface area contributed by atoms with E-state index in [-0.39, 0.29) is 18.0 Å². The standard InChI is InChI=1S/C14H21ClFNO/c1-4-18-14(9(2)3)13(17)8-10-7-11(16)5-6-12(10)15/h5-7,9,13-14H,4,8,17H2,1-3H3. The Kier molecular flexibility index (Phi) is 6.06. The van der Waals surface area contributed by atoms with Gasteiger partial charge in [0, 0.05) is 17.7 Å². The van der Waals surface area contributed by atoms with Crippen LogP contribution in [0.25, 0.3) is 0 Å². The molecule has 0 aliphatic rings. The second-order valence-corrected chi connectivity index (χ2v) is 5.17. The molecular weight excluding hydrogens is 253 g/mol. The Balaban J connectivity index is 2.78. The van der Waals surface area contributed by atoms with E-state index in [1.807, 2.05) is 6.92 Å². The Morgan fingerprint density at radius 3 is 2.61 bits per heavy atom. The molecule has 2 unspecified atom stereocenters. The summed E-state index contributed by atoms with van der Waals surface area (Å²) in [5, 5.41) is 0.547. The Morgan fingerprint density at radius 1 is 1.39 bits per heavy atom. The summed E-state index contributed by atoms with van der Waals surface area (Å²) >= 11 is 6.04. The van der Waals surface area contributed by atoms with Gasteiger partial charge in [-0.15, -0.1) is 0 Å². The highest BCUT2D eigenvalue weighted by Crippen LogP contribution is 2.21. The van der Waals surface area contributed by atoms with Crippen molar-refractivity contribution in [3.05, 3.63) is 34.6 Å². The van der Waals surface area contributed by atoms with Gasteiger partial charge in [-0.2, -0.15) is 0 Å². The first-order valence-electron chi connectivity index (χ1n) is 6.26. The van der Waals surface area contributed by atoms with Crippen molar-refractivity contribution in [3.8, 4) is 0 Å². The first-order chi connectivity index (χ1) is 8.45. The summed E-state index contributed by atoms with van der Waals surface area (Å²) < 4.78 is 18.8. The maximum Gasteiger partial charge on any atom is 0.123 e. The normalized spacial score (nSPS) is 14.8. The lowest BCUT2D eigenvalue weighted by atomic mass is 9.94. The first kappa shape index (κ1) is 15.4. The van der Waals surface area contributed by atoms with Gasteiger partial charge in [0.25, 0.3) is 0 Å². The van der Waals surface area contributed by atoms with Crippen LogP contribution in [0.15, 0.2) is 18.2 Å². The molecule has 0 bridgehead atoms. The fourth-order valence-corrected chi connectivity index (χ4v) is 2.27. The molecule has 2 N–H and O–H groups in total. The number of hydrogen-bond acceptors (Lipinski definition) is 2. The van der Waals surface area contributed by atoms with E-state index in [4.69, 9.17) is 22.1 Å². The van der Waals surface area contributed by atoms with Crippen molar-refractivity contribution in [1.82, 2.24) is 0 Å². The van der Waals surface area contributed by atoms with E-state index >= 15 is 0 Å². The minimum atomic E-state index is -0.292. The zero-order valence-electron chi connectivity index (χ0n) is 11.1. The maximum absolute atomic E-state index is 13.2. The van der Waals surface area contributed by atoms with Crippen molar-refractivity contribution in [2.75, 3.05) is 6.61 Å². The predicted octanol–water partition coefficient (Wildman–Crippen LogP) is 3.41. The lowest BCUT2D eigenvalue weighted by molar-refractivity contribution is 0.0127. The van der Waals surface area contributed by atoms with Crippen molar-refractivity contribution in [2.24, 2.45) is 11.7 Å². The number of hydrogen-bond donors (Lipinski definition) is 1. The molecule has 1 rings (SSSR count). The summed E-state index contributed by atoms with van der Waals surface area (Å²) in [5.41, 5.74) is 6.88. The third-order valence-corrected chi connectivity index (χ3v) is 3.27. The number of nitrogens with two attached hydrogens (primary N) is 1. The summed E-state index contributed by atoms with van der Waals surface area (Å²) in [6, 6.07) is 4.15. The number of benzene rings is 1. The molecule has 0 amide bonds. The van der Waals surface area contributed by atoms with E-state index in [0.29, 0.717) is 24.0 Å². The Bertz CT molecular complexity index is 384. The average molecular weight is 274 g/mol. The quantitative estimate of drug-likeness (QED) is 0.862. The molecule has 0 aliphatic carbocycles. The van der Waals surface area contributed by atoms with Crippen molar-refractivity contribution in [2.45, 2.75) is 39.3 Å². The highest BCUT2D eigenvalue weighted by molar-refractivity contribution is 6.31. The molecule has 0 saturated heterocycles. The molecular formula is C14H21ClFNO. The summed E-state index contributed by atoms with van der Waals surface area (Å²) in [5.74, 6) is 0.0198. The fraction of sp³-hybridized carbons (Fsp3) is 0.571. The minimum absolute atomic E-state index is 0.0469. The largest absolute Gasteiger partial charge is 0.377 e. The minimum Gasteiger partial charge on any atom is -0.377 e. The van der Waals surface area contributed by atoms with Crippen molar-refractivity contribution >= 4 is 11.6 Å². The van der Waals surface area contributed by atoms with Gasteiger partial charge in [-0.3, -0.25) is 0 Å². The van der Waals surface area contributed by atoms with Crippen molar-refractivity contribution in [3.63, 3.8) is 0 Å². The molecule has 2 atom stereocenters. The van der Waals surface area contributed by atoms with E-state index in [1.54, 1.807) is 6.07 Å². The van der Waals surface area contributed by atoms with Crippen LogP contribution in [0.1, 0.15) is 26.3 Å². The summed E-state index contributed by atoms with van der Waals surface area (Å²) in [6.45, 7) is 6.69. The molecule has 102 valence electrons. The fourth-order valence-electron chi connectivity index (χ4n) is 2.07. The van der Waals surface area contributed by atoms with Gasteiger partial charge in [0.05, 0.1) is 6.10 Å². The molecule has 0 heterocycles. The van der Waals surface area contributed by atoms with Gasteiger partial charge in [0.2, 0.25) is 0 Å². The van der Waals surface area contributed by atoms with Gasteiger partial charge >= 0.3 is 0 Å². The van der Waals surface area contributed by atoms with Crippen LogP contribution in [0, 0.1) is 11.7 Å². The van der Waals surface area contributed by atoms with Crippen LogP contribution in [-0.2, 0) is 11.2 Å². The smallest absolute Gasteiger partial charge is 0.123 e. The van der Waals surface area contributed by atoms with Gasteiger partial charge in [-0.25, -0.2) is 4.39 Å². The van der Waals surface area contributed by atoms with Gasteiger partial charge in [-0.1, -0.05) is 25.4 Å². The van der Waals surface area contributed by atoms with Crippen LogP contribution in [0.5, 0.6) is 0 Å². The number of rotatable bonds is 6. The van der Waals surface area contributed by atoms with Crippen molar-refractivity contribution < 1.29 is 9.13 Å². The van der Waals surface area contributed by atoms with Crippen LogP contribution in [0.3, 0.4) is 0 Å². The third kappa shape index (κ3) is 4.23. The van der Waals surface area contributed by atoms with Crippen LogP contribution in [-0.4, -0.2) is 18.8 Å². The summed E-state index contributed by atoms with van der Waals surface area (Å²) in [6.07, 6.45) is 0.466. The second kappa shape index (κ2) is 7.07. The Labute approximate surface area is 113 Å². The monoisotopic (exact) mass is 273 g/mol. The van der Waals surface area contributed by atoms with E-state index in [2.05, 4.69) is 13.8 Å². The van der Waals surface area contributed by atoms with E-state index in [0.717, 1.165) is 5.56 Å². The summed E-state index contributed by atoms with van der Waals surface area (Å²) in [7, 11) is 0. The van der Waals surface area contributed by atoms with Crippen LogP contribution in [0.2, 0.25) is 5.02 Å². The molecule has 0 spiro atoms. The van der Waals surface area contributed by atoms with Gasteiger partial charge in [0.1, 0.15) is 5.82 Å². The van der Waals surface area contributed by atoms with E-state index < -0.39 is 0 Å². The molecule has 1 aromatic carbocycles. The van der Waals surface area contributed by atoms with Crippen LogP contribution >= 0.6 is 11.6 Å². The highest BCUT2D eigenvalue weighted by atomic mass is 35.5. The van der Waals surface area contributed by atoms with Gasteiger partial charge < -0.3 is 10.5 Å². The van der Waals surface area contributed by atoms with Crippen LogP contribution < -0.4 is 5.73 Å². The number of ether oxygens (including phenoxy) is 1. The first-order valence-corrected chi connectivity index (χ1v) is 6.64. The zero-order valence-corrected chi connectivity index (χ0v) is 11.9. The Hall–Kier alpha value is -0.640. The second-order valence-electron chi connectivity index (χ2n) is 4.77. The molecule has 0 aromatic heterocycles. The molecule has 1 aromatic rings. The molecule has 18 heavy (non-hydrogen) atoms. The Morgan fingerprint density at radius 2 is 2.06 bits per heavy atom. The van der Waals surface area contributed by atoms with E-state index in [9.17, 15) is 4.39 Å². The highest BCUT2D eigenvalue weighted by Gasteiger charge is 2.22. The molecule has 0 aliphatic heterocycles. The van der Waals surface area contributed by atoms with Gasteiger partial charge in [-0.05, 0) is 43.0 Å². The topological polar surface area (TPSA) is 35.2 Å². The van der Waals surface area contributed by atoms with Crippen molar-refractivity contribution in [1.29, 1.82) is 0 Å². The lowest BCUT2D eigenvalue weighted by Crippen LogP contribution is -2.42. The molecule has 0 radical (unpaired) electrons. The van der Waals surface area contributed by atoms with E-state index in [1.165, 1.54) is 12.1 Å². The van der Waals surface area contributed by atoms with Crippen LogP contribution in [0.4, 0.5) is 4.39 Å². The predicted molar refractivity (Wildman–Crippen MR) is 73.3 cm³/mol. The molecule has 0 fully saturated rings. The molecule has 2 nitrogen and oxygen atoms in total. The third-order valence-electron chi connectivity index (χ3n) is 2.90. The molecule has 4 heteroatoms. The zero-order chi connectivity index (χ0) is 13.7. The average Bonchev–Trinajstić information content (AvgIpc) is 2.30. The summed E-state index contributed by atoms with van der Waals surface area (Å²) in [4.78, 5) is 0.